The number of hydrogen-bond donors (Lipinski definition) is 2. The molecule has 0 aliphatic rings. The topological polar surface area (TPSA) is 41.9 Å². The fraction of sp³-hybridized carbons (Fsp3) is 0.333. The molecule has 118 valence electrons. The van der Waals surface area contributed by atoms with Crippen molar-refractivity contribution in [2.45, 2.75) is 26.3 Å². The van der Waals surface area contributed by atoms with Gasteiger partial charge in [0.25, 0.3) is 0 Å². The van der Waals surface area contributed by atoms with Crippen molar-refractivity contribution >= 4 is 39.1 Å². The van der Waals surface area contributed by atoms with Gasteiger partial charge in [0.15, 0.2) is 10.9 Å². The third-order valence-electron chi connectivity index (χ3n) is 3.02. The number of benzene rings is 1. The third kappa shape index (κ3) is 5.06. The lowest BCUT2D eigenvalue weighted by molar-refractivity contribution is 0.624. The summed E-state index contributed by atoms with van der Waals surface area (Å²) in [6.07, 6.45) is 4.05. The Morgan fingerprint density at radius 3 is 2.77 bits per heavy atom. The smallest absolute Gasteiger partial charge is 0.172 e. The molecule has 2 aromatic rings. The first-order valence-corrected chi connectivity index (χ1v) is 8.31. The monoisotopic (exact) mass is 384 g/mol. The van der Waals surface area contributed by atoms with Gasteiger partial charge in [-0.2, -0.15) is 5.10 Å². The molecule has 7 heteroatoms. The van der Waals surface area contributed by atoms with Crippen molar-refractivity contribution in [3.63, 3.8) is 0 Å². The fourth-order valence-electron chi connectivity index (χ4n) is 1.87. The van der Waals surface area contributed by atoms with E-state index < -0.39 is 0 Å². The van der Waals surface area contributed by atoms with Crippen molar-refractivity contribution in [2.75, 3.05) is 11.9 Å². The number of thiocarbonyl (C=S) groups is 1. The van der Waals surface area contributed by atoms with E-state index in [1.54, 1.807) is 16.8 Å². The average Bonchev–Trinajstić information content (AvgIpc) is 2.81. The molecular formula is C15H18BrFN4S. The van der Waals surface area contributed by atoms with Gasteiger partial charge in [0.2, 0.25) is 0 Å². The minimum absolute atomic E-state index is 0.240. The van der Waals surface area contributed by atoms with Crippen LogP contribution in [0.4, 0.5) is 10.2 Å². The zero-order chi connectivity index (χ0) is 15.9. The second-order valence-electron chi connectivity index (χ2n) is 4.88. The van der Waals surface area contributed by atoms with Gasteiger partial charge in [-0.15, -0.1) is 0 Å². The van der Waals surface area contributed by atoms with Crippen LogP contribution in [0.2, 0.25) is 0 Å². The van der Waals surface area contributed by atoms with Gasteiger partial charge in [-0.3, -0.25) is 4.68 Å². The highest BCUT2D eigenvalue weighted by atomic mass is 79.9. The van der Waals surface area contributed by atoms with Crippen LogP contribution in [0, 0.1) is 5.82 Å². The summed E-state index contributed by atoms with van der Waals surface area (Å²) in [5.41, 5.74) is 0.978. The van der Waals surface area contributed by atoms with Crippen LogP contribution in [0.5, 0.6) is 0 Å². The molecule has 1 heterocycles. The van der Waals surface area contributed by atoms with E-state index in [0.717, 1.165) is 29.4 Å². The van der Waals surface area contributed by atoms with E-state index in [0.29, 0.717) is 17.5 Å². The largest absolute Gasteiger partial charge is 0.362 e. The maximum atomic E-state index is 12.9. The lowest BCUT2D eigenvalue weighted by Crippen LogP contribution is -2.29. The average molecular weight is 385 g/mol. The maximum absolute atomic E-state index is 12.9. The first kappa shape index (κ1) is 16.9. The molecule has 0 aliphatic heterocycles. The van der Waals surface area contributed by atoms with E-state index in [9.17, 15) is 4.39 Å². The van der Waals surface area contributed by atoms with E-state index in [2.05, 4.69) is 38.6 Å². The van der Waals surface area contributed by atoms with Crippen molar-refractivity contribution in [3.05, 3.63) is 46.3 Å². The van der Waals surface area contributed by atoms with Gasteiger partial charge in [0, 0.05) is 12.7 Å². The number of rotatable bonds is 6. The molecule has 0 aliphatic carbocycles. The highest BCUT2D eigenvalue weighted by Gasteiger charge is 2.08. The van der Waals surface area contributed by atoms with Crippen LogP contribution in [-0.2, 0) is 6.54 Å². The second-order valence-corrected chi connectivity index (χ2v) is 6.15. The highest BCUT2D eigenvalue weighted by molar-refractivity contribution is 9.10. The molecule has 0 bridgehead atoms. The Hall–Kier alpha value is -1.47. The molecule has 2 rings (SSSR count). The Morgan fingerprint density at radius 1 is 1.36 bits per heavy atom. The summed E-state index contributed by atoms with van der Waals surface area (Å²) >= 11 is 8.69. The van der Waals surface area contributed by atoms with Gasteiger partial charge in [0.1, 0.15) is 5.82 Å². The molecule has 0 saturated carbocycles. The molecular weight excluding hydrogens is 367 g/mol. The normalized spacial score (nSPS) is 10.5. The summed E-state index contributed by atoms with van der Waals surface area (Å²) in [4.78, 5) is 0. The van der Waals surface area contributed by atoms with Crippen molar-refractivity contribution in [2.24, 2.45) is 0 Å². The van der Waals surface area contributed by atoms with Gasteiger partial charge >= 0.3 is 0 Å². The number of anilines is 1. The summed E-state index contributed by atoms with van der Waals surface area (Å²) in [6.45, 7) is 3.54. The predicted molar refractivity (Wildman–Crippen MR) is 94.6 cm³/mol. The van der Waals surface area contributed by atoms with Crippen LogP contribution in [0.1, 0.15) is 25.3 Å². The van der Waals surface area contributed by atoms with E-state index in [4.69, 9.17) is 12.2 Å². The Labute approximate surface area is 143 Å². The molecule has 0 saturated heterocycles. The number of hydrogen-bond acceptors (Lipinski definition) is 2. The molecule has 0 spiro atoms. The molecule has 0 fully saturated rings. The fourth-order valence-corrected chi connectivity index (χ4v) is 2.48. The Bertz CT molecular complexity index is 627. The summed E-state index contributed by atoms with van der Waals surface area (Å²) < 4.78 is 15.5. The summed E-state index contributed by atoms with van der Waals surface area (Å²) in [5.74, 6) is 0.423. The maximum Gasteiger partial charge on any atom is 0.172 e. The van der Waals surface area contributed by atoms with Crippen LogP contribution < -0.4 is 10.6 Å². The van der Waals surface area contributed by atoms with Crippen LogP contribution in [-0.4, -0.2) is 21.4 Å². The zero-order valence-electron chi connectivity index (χ0n) is 12.3. The molecule has 0 radical (unpaired) electrons. The molecule has 0 unspecified atom stereocenters. The summed E-state index contributed by atoms with van der Waals surface area (Å²) in [7, 11) is 0. The lowest BCUT2D eigenvalue weighted by atomic mass is 10.2. The van der Waals surface area contributed by atoms with Gasteiger partial charge in [0.05, 0.1) is 11.0 Å². The highest BCUT2D eigenvalue weighted by Crippen LogP contribution is 2.20. The van der Waals surface area contributed by atoms with Crippen molar-refractivity contribution in [3.8, 4) is 0 Å². The molecule has 1 aromatic carbocycles. The van der Waals surface area contributed by atoms with Gasteiger partial charge in [-0.05, 0) is 52.3 Å². The Morgan fingerprint density at radius 2 is 2.09 bits per heavy atom. The Kier molecular flexibility index (Phi) is 6.33. The number of unbranched alkanes of at least 4 members (excludes halogenated alkanes) is 1. The first-order valence-electron chi connectivity index (χ1n) is 7.10. The van der Waals surface area contributed by atoms with Gasteiger partial charge in [-0.25, -0.2) is 4.39 Å². The predicted octanol–water partition coefficient (Wildman–Crippen LogP) is 3.92. The van der Waals surface area contributed by atoms with Gasteiger partial charge < -0.3 is 10.6 Å². The van der Waals surface area contributed by atoms with E-state index in [-0.39, 0.29) is 5.82 Å². The quantitative estimate of drug-likeness (QED) is 0.584. The van der Waals surface area contributed by atoms with E-state index in [1.165, 1.54) is 12.1 Å². The van der Waals surface area contributed by atoms with Crippen LogP contribution in [0.15, 0.2) is 34.9 Å². The van der Waals surface area contributed by atoms with Crippen molar-refractivity contribution in [1.82, 2.24) is 15.1 Å². The minimum Gasteiger partial charge on any atom is -0.362 e. The standard InChI is InChI=1S/C15H18BrFN4S/c1-2-3-8-18-15(22)19-14-13(16)10-21(20-14)9-11-4-6-12(17)7-5-11/h4-7,10H,2-3,8-9H2,1H3,(H2,18,19,20,22). The number of nitrogens with one attached hydrogen (secondary N) is 2. The van der Waals surface area contributed by atoms with Crippen molar-refractivity contribution < 1.29 is 4.39 Å². The first-order chi connectivity index (χ1) is 10.6. The molecule has 4 nitrogen and oxygen atoms in total. The zero-order valence-corrected chi connectivity index (χ0v) is 14.7. The van der Waals surface area contributed by atoms with Crippen LogP contribution >= 0.6 is 28.1 Å². The summed E-state index contributed by atoms with van der Waals surface area (Å²) in [6, 6.07) is 6.38. The molecule has 0 amide bonds. The van der Waals surface area contributed by atoms with Crippen LogP contribution in [0.25, 0.3) is 0 Å². The van der Waals surface area contributed by atoms with E-state index >= 15 is 0 Å². The lowest BCUT2D eigenvalue weighted by Gasteiger charge is -2.08. The van der Waals surface area contributed by atoms with Crippen LogP contribution in [0.3, 0.4) is 0 Å². The number of aromatic nitrogens is 2. The number of halogens is 2. The SMILES string of the molecule is CCCCNC(=S)Nc1nn(Cc2ccc(F)cc2)cc1Br. The second kappa shape index (κ2) is 8.24. The molecule has 1 aromatic heterocycles. The number of nitrogens with zero attached hydrogens (tertiary/aromatic N) is 2. The van der Waals surface area contributed by atoms with Gasteiger partial charge in [-0.1, -0.05) is 25.5 Å². The molecule has 22 heavy (non-hydrogen) atoms. The molecule has 2 N–H and O–H groups in total. The van der Waals surface area contributed by atoms with Crippen molar-refractivity contribution in [1.29, 1.82) is 0 Å². The summed E-state index contributed by atoms with van der Waals surface area (Å²) in [5, 5.41) is 11.2. The van der Waals surface area contributed by atoms with E-state index in [1.807, 2.05) is 6.20 Å². The molecule has 0 atom stereocenters. The third-order valence-corrected chi connectivity index (χ3v) is 3.85. The minimum atomic E-state index is -0.240. The Balaban J connectivity index is 1.95.